The van der Waals surface area contributed by atoms with Gasteiger partial charge in [0.2, 0.25) is 0 Å². The van der Waals surface area contributed by atoms with Crippen LogP contribution in [0.25, 0.3) is 0 Å². The third kappa shape index (κ3) is 10.3. The molecule has 0 N–H and O–H groups in total. The molecular formula is C26H48O4. The zero-order valence-electron chi connectivity index (χ0n) is 20.3. The van der Waals surface area contributed by atoms with Crippen molar-refractivity contribution in [3.63, 3.8) is 0 Å². The number of rotatable bonds is 16. The SMILES string of the molecule is CCCCCCCCOC(=O)C1CCCC(C)(C)C1C(=O)OCCCCCCCC. The van der Waals surface area contributed by atoms with E-state index >= 15 is 0 Å². The van der Waals surface area contributed by atoms with E-state index in [2.05, 4.69) is 27.7 Å². The molecule has 0 bridgehead atoms. The van der Waals surface area contributed by atoms with Gasteiger partial charge in [0, 0.05) is 0 Å². The molecule has 4 heteroatoms. The van der Waals surface area contributed by atoms with E-state index in [-0.39, 0.29) is 29.2 Å². The van der Waals surface area contributed by atoms with E-state index in [0.29, 0.717) is 13.2 Å². The van der Waals surface area contributed by atoms with Crippen LogP contribution in [-0.4, -0.2) is 25.2 Å². The first kappa shape index (κ1) is 27.0. The molecule has 0 saturated heterocycles. The average Bonchev–Trinajstić information content (AvgIpc) is 2.71. The molecule has 0 aliphatic heterocycles. The zero-order valence-corrected chi connectivity index (χ0v) is 20.3. The monoisotopic (exact) mass is 424 g/mol. The number of unbranched alkanes of at least 4 members (excludes halogenated alkanes) is 10. The maximum absolute atomic E-state index is 12.9. The Morgan fingerprint density at radius 3 is 1.73 bits per heavy atom. The minimum atomic E-state index is -0.386. The lowest BCUT2D eigenvalue weighted by Crippen LogP contribution is -2.45. The van der Waals surface area contributed by atoms with Gasteiger partial charge < -0.3 is 9.47 Å². The highest BCUT2D eigenvalue weighted by Crippen LogP contribution is 2.45. The summed E-state index contributed by atoms with van der Waals surface area (Å²) >= 11 is 0. The molecule has 0 amide bonds. The summed E-state index contributed by atoms with van der Waals surface area (Å²) in [5, 5.41) is 0. The van der Waals surface area contributed by atoms with E-state index in [9.17, 15) is 9.59 Å². The molecule has 30 heavy (non-hydrogen) atoms. The number of carbonyl (C=O) groups excluding carboxylic acids is 2. The van der Waals surface area contributed by atoms with Gasteiger partial charge in [0.1, 0.15) is 0 Å². The molecular weight excluding hydrogens is 376 g/mol. The van der Waals surface area contributed by atoms with Gasteiger partial charge >= 0.3 is 11.9 Å². The van der Waals surface area contributed by atoms with Crippen molar-refractivity contribution in [2.75, 3.05) is 13.2 Å². The van der Waals surface area contributed by atoms with Crippen molar-refractivity contribution in [1.29, 1.82) is 0 Å². The molecule has 1 rings (SSSR count). The summed E-state index contributed by atoms with van der Waals surface area (Å²) in [5.74, 6) is -1.14. The average molecular weight is 425 g/mol. The molecule has 2 atom stereocenters. The molecule has 1 saturated carbocycles. The predicted octanol–water partition coefficient (Wildman–Crippen LogP) is 7.24. The summed E-state index contributed by atoms with van der Waals surface area (Å²) < 4.78 is 11.2. The van der Waals surface area contributed by atoms with E-state index in [1.165, 1.54) is 51.4 Å². The summed E-state index contributed by atoms with van der Waals surface area (Å²) in [6, 6.07) is 0. The van der Waals surface area contributed by atoms with Crippen LogP contribution in [0.15, 0.2) is 0 Å². The highest BCUT2D eigenvalue weighted by Gasteiger charge is 2.48. The Balaban J connectivity index is 2.43. The molecule has 0 aromatic carbocycles. The highest BCUT2D eigenvalue weighted by molar-refractivity contribution is 5.83. The summed E-state index contributed by atoms with van der Waals surface area (Å²) in [5.41, 5.74) is -0.222. The van der Waals surface area contributed by atoms with Crippen molar-refractivity contribution < 1.29 is 19.1 Å². The van der Waals surface area contributed by atoms with Gasteiger partial charge in [-0.2, -0.15) is 0 Å². The number of hydrogen-bond donors (Lipinski definition) is 0. The second kappa shape index (κ2) is 15.7. The summed E-state index contributed by atoms with van der Waals surface area (Å²) in [7, 11) is 0. The first-order valence-electron chi connectivity index (χ1n) is 12.8. The topological polar surface area (TPSA) is 52.6 Å². The van der Waals surface area contributed by atoms with Crippen LogP contribution in [0, 0.1) is 17.3 Å². The third-order valence-electron chi connectivity index (χ3n) is 6.62. The van der Waals surface area contributed by atoms with Gasteiger partial charge in [-0.25, -0.2) is 0 Å². The maximum atomic E-state index is 12.9. The smallest absolute Gasteiger partial charge is 0.310 e. The Hall–Kier alpha value is -1.06. The highest BCUT2D eigenvalue weighted by atomic mass is 16.5. The molecule has 0 radical (unpaired) electrons. The molecule has 0 heterocycles. The van der Waals surface area contributed by atoms with Crippen molar-refractivity contribution in [2.24, 2.45) is 17.3 Å². The van der Waals surface area contributed by atoms with Crippen LogP contribution in [-0.2, 0) is 19.1 Å². The van der Waals surface area contributed by atoms with Crippen molar-refractivity contribution >= 4 is 11.9 Å². The van der Waals surface area contributed by atoms with Crippen molar-refractivity contribution in [2.45, 2.75) is 124 Å². The van der Waals surface area contributed by atoms with Gasteiger partial charge in [0.25, 0.3) is 0 Å². The van der Waals surface area contributed by atoms with Gasteiger partial charge in [0.05, 0.1) is 25.0 Å². The standard InChI is InChI=1S/C26H48O4/c1-5-7-9-11-13-15-20-29-24(27)22-18-17-19-26(3,4)23(22)25(28)30-21-16-14-12-10-8-6-2/h22-23H,5-21H2,1-4H3. The van der Waals surface area contributed by atoms with Crippen LogP contribution in [0.2, 0.25) is 0 Å². The fraction of sp³-hybridized carbons (Fsp3) is 0.923. The summed E-state index contributed by atoms with van der Waals surface area (Å²) in [4.78, 5) is 25.7. The summed E-state index contributed by atoms with van der Waals surface area (Å²) in [6.45, 7) is 9.55. The largest absolute Gasteiger partial charge is 0.465 e. The van der Waals surface area contributed by atoms with Gasteiger partial charge in [-0.15, -0.1) is 0 Å². The molecule has 176 valence electrons. The zero-order chi connectivity index (χ0) is 22.2. The predicted molar refractivity (Wildman–Crippen MR) is 123 cm³/mol. The Kier molecular flexibility index (Phi) is 14.1. The Bertz CT molecular complexity index is 472. The van der Waals surface area contributed by atoms with E-state index in [4.69, 9.17) is 9.47 Å². The van der Waals surface area contributed by atoms with Crippen LogP contribution in [0.3, 0.4) is 0 Å². The molecule has 0 aromatic heterocycles. The number of ether oxygens (including phenoxy) is 2. The lowest BCUT2D eigenvalue weighted by atomic mass is 9.63. The number of esters is 2. The van der Waals surface area contributed by atoms with Crippen LogP contribution in [0.4, 0.5) is 0 Å². The van der Waals surface area contributed by atoms with Gasteiger partial charge in [-0.05, 0) is 31.1 Å². The van der Waals surface area contributed by atoms with Gasteiger partial charge in [-0.3, -0.25) is 9.59 Å². The number of hydrogen-bond acceptors (Lipinski definition) is 4. The fourth-order valence-corrected chi connectivity index (χ4v) is 4.69. The van der Waals surface area contributed by atoms with Crippen molar-refractivity contribution in [3.8, 4) is 0 Å². The minimum Gasteiger partial charge on any atom is -0.465 e. The minimum absolute atomic E-state index is 0.196. The first-order chi connectivity index (χ1) is 14.4. The second-order valence-electron chi connectivity index (χ2n) is 9.84. The van der Waals surface area contributed by atoms with Gasteiger partial charge in [-0.1, -0.05) is 98.3 Å². The molecule has 4 nitrogen and oxygen atoms in total. The third-order valence-corrected chi connectivity index (χ3v) is 6.62. The van der Waals surface area contributed by atoms with E-state index in [1.54, 1.807) is 0 Å². The molecule has 0 spiro atoms. The normalized spacial score (nSPS) is 20.7. The van der Waals surface area contributed by atoms with E-state index in [0.717, 1.165) is 44.9 Å². The maximum Gasteiger partial charge on any atom is 0.310 e. The Morgan fingerprint density at radius 1 is 0.733 bits per heavy atom. The van der Waals surface area contributed by atoms with Crippen LogP contribution < -0.4 is 0 Å². The fourth-order valence-electron chi connectivity index (χ4n) is 4.69. The lowest BCUT2D eigenvalue weighted by Gasteiger charge is -2.41. The molecule has 2 unspecified atom stereocenters. The molecule has 0 aromatic rings. The van der Waals surface area contributed by atoms with Crippen LogP contribution in [0.5, 0.6) is 0 Å². The summed E-state index contributed by atoms with van der Waals surface area (Å²) in [6.07, 6.45) is 16.6. The van der Waals surface area contributed by atoms with Crippen LogP contribution >= 0.6 is 0 Å². The molecule has 1 aliphatic rings. The van der Waals surface area contributed by atoms with E-state index < -0.39 is 0 Å². The van der Waals surface area contributed by atoms with Crippen molar-refractivity contribution in [1.82, 2.24) is 0 Å². The van der Waals surface area contributed by atoms with Crippen LogP contribution in [0.1, 0.15) is 124 Å². The lowest BCUT2D eigenvalue weighted by molar-refractivity contribution is -0.169. The van der Waals surface area contributed by atoms with E-state index in [1.807, 2.05) is 0 Å². The molecule has 1 aliphatic carbocycles. The number of carbonyl (C=O) groups is 2. The Labute approximate surface area is 185 Å². The first-order valence-corrected chi connectivity index (χ1v) is 12.8. The Morgan fingerprint density at radius 2 is 1.20 bits per heavy atom. The van der Waals surface area contributed by atoms with Crippen molar-refractivity contribution in [3.05, 3.63) is 0 Å². The van der Waals surface area contributed by atoms with Gasteiger partial charge in [0.15, 0.2) is 0 Å². The molecule has 1 fully saturated rings. The second-order valence-corrected chi connectivity index (χ2v) is 9.84. The quantitative estimate of drug-likeness (QED) is 0.194.